The Labute approximate surface area is 159 Å². The number of nitrogens with one attached hydrogen (secondary N) is 2. The van der Waals surface area contributed by atoms with Gasteiger partial charge in [0.1, 0.15) is 0 Å². The van der Waals surface area contributed by atoms with Crippen molar-refractivity contribution < 1.29 is 17.9 Å². The molecule has 0 fully saturated rings. The number of anilines is 1. The first-order valence-corrected chi connectivity index (χ1v) is 10.0. The van der Waals surface area contributed by atoms with Crippen molar-refractivity contribution in [1.82, 2.24) is 10.3 Å². The Hall–Kier alpha value is -2.49. The van der Waals surface area contributed by atoms with Crippen molar-refractivity contribution in [1.29, 1.82) is 0 Å². The highest BCUT2D eigenvalue weighted by atomic mass is 32.2. The van der Waals surface area contributed by atoms with Gasteiger partial charge in [0.2, 0.25) is 10.0 Å². The molecule has 146 valence electrons. The molecule has 0 aliphatic rings. The summed E-state index contributed by atoms with van der Waals surface area (Å²) in [4.78, 5) is 16.3. The molecule has 2 rings (SSSR count). The second-order valence-corrected chi connectivity index (χ2v) is 7.49. The van der Waals surface area contributed by atoms with E-state index in [9.17, 15) is 13.2 Å². The monoisotopic (exact) mass is 392 g/mol. The summed E-state index contributed by atoms with van der Waals surface area (Å²) < 4.78 is 27.4. The molecule has 9 heteroatoms. The first-order chi connectivity index (χ1) is 12.9. The molecule has 1 aromatic carbocycles. The predicted molar refractivity (Wildman–Crippen MR) is 103 cm³/mol. The third-order valence-electron chi connectivity index (χ3n) is 3.81. The van der Waals surface area contributed by atoms with E-state index in [0.29, 0.717) is 31.7 Å². The van der Waals surface area contributed by atoms with Crippen molar-refractivity contribution >= 4 is 21.6 Å². The van der Waals surface area contributed by atoms with Gasteiger partial charge < -0.3 is 15.4 Å². The number of sulfonamides is 1. The van der Waals surface area contributed by atoms with Gasteiger partial charge >= 0.3 is 0 Å². The van der Waals surface area contributed by atoms with Crippen molar-refractivity contribution in [2.75, 3.05) is 32.1 Å². The summed E-state index contributed by atoms with van der Waals surface area (Å²) in [6.07, 6.45) is 4.59. The van der Waals surface area contributed by atoms with Gasteiger partial charge in [-0.25, -0.2) is 13.6 Å². The first-order valence-electron chi connectivity index (χ1n) is 8.48. The van der Waals surface area contributed by atoms with Crippen LogP contribution in [0, 0.1) is 0 Å². The molecule has 0 aliphatic carbocycles. The van der Waals surface area contributed by atoms with E-state index in [4.69, 9.17) is 9.88 Å². The molecular formula is C18H24N4O4S. The molecule has 8 nitrogen and oxygen atoms in total. The van der Waals surface area contributed by atoms with Crippen LogP contribution in [0.3, 0.4) is 0 Å². The van der Waals surface area contributed by atoms with Gasteiger partial charge in [0.15, 0.2) is 0 Å². The smallest absolute Gasteiger partial charge is 0.252 e. The number of amides is 1. The highest BCUT2D eigenvalue weighted by molar-refractivity contribution is 7.89. The molecule has 0 spiro atoms. The Kier molecular flexibility index (Phi) is 7.71. The van der Waals surface area contributed by atoms with E-state index in [1.165, 1.54) is 18.3 Å². The van der Waals surface area contributed by atoms with Crippen LogP contribution in [0.15, 0.2) is 47.6 Å². The van der Waals surface area contributed by atoms with Gasteiger partial charge in [0.05, 0.1) is 16.1 Å². The minimum atomic E-state index is -3.67. The van der Waals surface area contributed by atoms with Gasteiger partial charge in [-0.2, -0.15) is 0 Å². The molecule has 1 aromatic heterocycles. The maximum atomic E-state index is 12.1. The van der Waals surface area contributed by atoms with Crippen LogP contribution in [-0.2, 0) is 21.2 Å². The number of primary sulfonamides is 1. The van der Waals surface area contributed by atoms with Crippen molar-refractivity contribution in [3.05, 3.63) is 53.9 Å². The summed E-state index contributed by atoms with van der Waals surface area (Å²) in [6, 6.07) is 8.16. The molecule has 0 unspecified atom stereocenters. The summed E-state index contributed by atoms with van der Waals surface area (Å²) in [5, 5.41) is 11.1. The average Bonchev–Trinajstić information content (AvgIpc) is 2.65. The van der Waals surface area contributed by atoms with Crippen molar-refractivity contribution in [2.24, 2.45) is 5.14 Å². The van der Waals surface area contributed by atoms with Gasteiger partial charge in [-0.15, -0.1) is 0 Å². The minimum absolute atomic E-state index is 0.0904. The SMILES string of the molecule is COCCCNC(=O)c1cncc(NCCc2ccc(S(N)(=O)=O)cc2)c1. The normalized spacial score (nSPS) is 11.2. The van der Waals surface area contributed by atoms with Crippen LogP contribution in [-0.4, -0.2) is 46.1 Å². The Morgan fingerprint density at radius 2 is 1.93 bits per heavy atom. The Balaban J connectivity index is 1.85. The molecular weight excluding hydrogens is 368 g/mol. The summed E-state index contributed by atoms with van der Waals surface area (Å²) in [7, 11) is -2.05. The van der Waals surface area contributed by atoms with E-state index < -0.39 is 10.0 Å². The number of hydrogen-bond donors (Lipinski definition) is 3. The number of carbonyl (C=O) groups excluding carboxylic acids is 1. The zero-order valence-electron chi connectivity index (χ0n) is 15.1. The molecule has 1 heterocycles. The zero-order chi connectivity index (χ0) is 19.7. The fraction of sp³-hybridized carbons (Fsp3) is 0.333. The fourth-order valence-electron chi connectivity index (χ4n) is 2.38. The van der Waals surface area contributed by atoms with Crippen LogP contribution in [0.1, 0.15) is 22.3 Å². The van der Waals surface area contributed by atoms with Crippen LogP contribution >= 0.6 is 0 Å². The van der Waals surface area contributed by atoms with E-state index >= 15 is 0 Å². The maximum absolute atomic E-state index is 12.1. The number of benzene rings is 1. The molecule has 1 amide bonds. The van der Waals surface area contributed by atoms with Gasteiger partial charge in [-0.3, -0.25) is 9.78 Å². The fourth-order valence-corrected chi connectivity index (χ4v) is 2.89. The summed E-state index contributed by atoms with van der Waals surface area (Å²) in [6.45, 7) is 1.74. The summed E-state index contributed by atoms with van der Waals surface area (Å²) in [5.74, 6) is -0.180. The average molecular weight is 392 g/mol. The lowest BCUT2D eigenvalue weighted by atomic mass is 10.1. The number of hydrogen-bond acceptors (Lipinski definition) is 6. The van der Waals surface area contributed by atoms with E-state index in [2.05, 4.69) is 15.6 Å². The molecule has 0 saturated carbocycles. The van der Waals surface area contributed by atoms with Crippen LogP contribution < -0.4 is 15.8 Å². The third kappa shape index (κ3) is 6.97. The lowest BCUT2D eigenvalue weighted by Gasteiger charge is -2.09. The number of pyridine rings is 1. The summed E-state index contributed by atoms with van der Waals surface area (Å²) >= 11 is 0. The second kappa shape index (κ2) is 10.0. The van der Waals surface area contributed by atoms with Crippen molar-refractivity contribution in [3.8, 4) is 0 Å². The Morgan fingerprint density at radius 1 is 1.19 bits per heavy atom. The number of methoxy groups -OCH3 is 1. The minimum Gasteiger partial charge on any atom is -0.385 e. The van der Waals surface area contributed by atoms with E-state index in [0.717, 1.165) is 17.7 Å². The second-order valence-electron chi connectivity index (χ2n) is 5.93. The molecule has 0 saturated heterocycles. The third-order valence-corrected chi connectivity index (χ3v) is 4.74. The van der Waals surface area contributed by atoms with Crippen LogP contribution in [0.4, 0.5) is 5.69 Å². The van der Waals surface area contributed by atoms with Crippen LogP contribution in [0.5, 0.6) is 0 Å². The number of nitrogens with two attached hydrogens (primary N) is 1. The molecule has 2 aromatic rings. The standard InChI is InChI=1S/C18H24N4O4S/c1-26-10-2-8-22-18(23)15-11-16(13-20-12-15)21-9-7-14-3-5-17(6-4-14)27(19,24)25/h3-6,11-13,21H,2,7-10H2,1H3,(H,22,23)(H2,19,24,25). The number of ether oxygens (including phenoxy) is 1. The Bertz CT molecular complexity index is 854. The quantitative estimate of drug-likeness (QED) is 0.521. The topological polar surface area (TPSA) is 123 Å². The van der Waals surface area contributed by atoms with Gasteiger partial charge in [0.25, 0.3) is 5.91 Å². The van der Waals surface area contributed by atoms with Crippen molar-refractivity contribution in [2.45, 2.75) is 17.7 Å². The van der Waals surface area contributed by atoms with Gasteiger partial charge in [-0.1, -0.05) is 12.1 Å². The molecule has 0 bridgehead atoms. The highest BCUT2D eigenvalue weighted by Crippen LogP contribution is 2.11. The van der Waals surface area contributed by atoms with Crippen LogP contribution in [0.25, 0.3) is 0 Å². The van der Waals surface area contributed by atoms with Gasteiger partial charge in [-0.05, 0) is 36.6 Å². The molecule has 27 heavy (non-hydrogen) atoms. The lowest BCUT2D eigenvalue weighted by Crippen LogP contribution is -2.25. The van der Waals surface area contributed by atoms with E-state index in [1.807, 2.05) is 0 Å². The molecule has 0 aliphatic heterocycles. The molecule has 4 N–H and O–H groups in total. The molecule has 0 atom stereocenters. The lowest BCUT2D eigenvalue weighted by molar-refractivity contribution is 0.0948. The first kappa shape index (κ1) is 20.8. The number of carbonyl (C=O) groups is 1. The molecule has 0 radical (unpaired) electrons. The number of rotatable bonds is 10. The van der Waals surface area contributed by atoms with E-state index in [-0.39, 0.29) is 10.8 Å². The summed E-state index contributed by atoms with van der Waals surface area (Å²) in [5.41, 5.74) is 2.19. The largest absolute Gasteiger partial charge is 0.385 e. The zero-order valence-corrected chi connectivity index (χ0v) is 16.0. The van der Waals surface area contributed by atoms with Crippen molar-refractivity contribution in [3.63, 3.8) is 0 Å². The predicted octanol–water partition coefficient (Wildman–Crippen LogP) is 1.15. The van der Waals surface area contributed by atoms with E-state index in [1.54, 1.807) is 31.5 Å². The Morgan fingerprint density at radius 3 is 2.59 bits per heavy atom. The number of nitrogens with zero attached hydrogens (tertiary/aromatic N) is 1. The maximum Gasteiger partial charge on any atom is 0.252 e. The van der Waals surface area contributed by atoms with Gasteiger partial charge in [0, 0.05) is 39.2 Å². The van der Waals surface area contributed by atoms with Crippen LogP contribution in [0.2, 0.25) is 0 Å². The number of aromatic nitrogens is 1. The highest BCUT2D eigenvalue weighted by Gasteiger charge is 2.08.